The summed E-state index contributed by atoms with van der Waals surface area (Å²) in [5.41, 5.74) is 3.27. The molecule has 146 valence electrons. The number of hydrogen-bond acceptors (Lipinski definition) is 4. The van der Waals surface area contributed by atoms with Crippen LogP contribution in [0.2, 0.25) is 0 Å². The fourth-order valence-electron chi connectivity index (χ4n) is 3.35. The first kappa shape index (κ1) is 19.7. The van der Waals surface area contributed by atoms with Gasteiger partial charge in [-0.1, -0.05) is 56.3 Å². The van der Waals surface area contributed by atoms with E-state index in [-0.39, 0.29) is 18.5 Å². The highest BCUT2D eigenvalue weighted by Crippen LogP contribution is 2.32. The summed E-state index contributed by atoms with van der Waals surface area (Å²) in [5.74, 6) is 0.892. The Labute approximate surface area is 165 Å². The molecular weight excluding hydrogens is 352 g/mol. The molecule has 0 aliphatic carbocycles. The van der Waals surface area contributed by atoms with Crippen LogP contribution < -0.4 is 4.74 Å². The Kier molecular flexibility index (Phi) is 6.19. The van der Waals surface area contributed by atoms with Crippen LogP contribution in [0.1, 0.15) is 43.4 Å². The molecule has 0 spiro atoms. The van der Waals surface area contributed by atoms with Gasteiger partial charge in [-0.15, -0.1) is 0 Å². The number of ether oxygens (including phenoxy) is 2. The number of carbonyl (C=O) groups excluding carboxylic acids is 1. The van der Waals surface area contributed by atoms with Crippen molar-refractivity contribution in [2.24, 2.45) is 0 Å². The Morgan fingerprint density at radius 2 is 1.79 bits per heavy atom. The van der Waals surface area contributed by atoms with Crippen LogP contribution >= 0.6 is 0 Å². The van der Waals surface area contributed by atoms with Gasteiger partial charge < -0.3 is 14.6 Å². The van der Waals surface area contributed by atoms with Crippen LogP contribution in [0, 0.1) is 0 Å². The third-order valence-corrected chi connectivity index (χ3v) is 4.73. The third kappa shape index (κ3) is 4.45. The predicted octanol–water partition coefficient (Wildman–Crippen LogP) is 5.20. The average Bonchev–Trinajstić information content (AvgIpc) is 2.69. The maximum absolute atomic E-state index is 11.6. The first-order valence-electron chi connectivity index (χ1n) is 9.60. The molecule has 1 N–H and O–H groups in total. The number of phenols is 1. The molecule has 0 aromatic heterocycles. The number of hydrogen-bond donors (Lipinski definition) is 1. The lowest BCUT2D eigenvalue weighted by Gasteiger charge is -2.14. The first-order valence-corrected chi connectivity index (χ1v) is 9.60. The minimum Gasteiger partial charge on any atom is -0.508 e. The quantitative estimate of drug-likeness (QED) is 0.574. The summed E-state index contributed by atoms with van der Waals surface area (Å²) in [4.78, 5) is 11.6. The normalized spacial score (nSPS) is 11.0. The highest BCUT2D eigenvalue weighted by molar-refractivity contribution is 5.91. The van der Waals surface area contributed by atoms with E-state index in [0.29, 0.717) is 18.1 Å². The average molecular weight is 378 g/mol. The van der Waals surface area contributed by atoms with Gasteiger partial charge in [0.05, 0.1) is 6.61 Å². The largest absolute Gasteiger partial charge is 0.508 e. The van der Waals surface area contributed by atoms with Crippen LogP contribution in [0.15, 0.2) is 54.6 Å². The number of fused-ring (bicyclic) bond motifs is 1. The summed E-state index contributed by atoms with van der Waals surface area (Å²) in [7, 11) is 0. The van der Waals surface area contributed by atoms with Crippen molar-refractivity contribution in [2.75, 3.05) is 13.2 Å². The number of benzene rings is 3. The van der Waals surface area contributed by atoms with Gasteiger partial charge in [-0.2, -0.15) is 0 Å². The maximum atomic E-state index is 11.6. The Hall–Kier alpha value is -3.01. The van der Waals surface area contributed by atoms with Gasteiger partial charge in [0.25, 0.3) is 0 Å². The van der Waals surface area contributed by atoms with E-state index < -0.39 is 0 Å². The fourth-order valence-corrected chi connectivity index (χ4v) is 3.35. The van der Waals surface area contributed by atoms with Gasteiger partial charge >= 0.3 is 5.97 Å². The fraction of sp³-hybridized carbons (Fsp3) is 0.292. The molecule has 3 aromatic carbocycles. The van der Waals surface area contributed by atoms with E-state index >= 15 is 0 Å². The summed E-state index contributed by atoms with van der Waals surface area (Å²) in [6, 6.07) is 17.7. The zero-order valence-electron chi connectivity index (χ0n) is 16.6. The third-order valence-electron chi connectivity index (χ3n) is 4.73. The van der Waals surface area contributed by atoms with Gasteiger partial charge in [-0.05, 0) is 53.5 Å². The van der Waals surface area contributed by atoms with Crippen molar-refractivity contribution in [3.63, 3.8) is 0 Å². The van der Waals surface area contributed by atoms with Gasteiger partial charge in [0.2, 0.25) is 0 Å². The Balaban J connectivity index is 1.90. The number of phenolic OH excluding ortho intramolecular Hbond substituents is 1. The van der Waals surface area contributed by atoms with Gasteiger partial charge in [-0.3, -0.25) is 0 Å². The Morgan fingerprint density at radius 3 is 2.50 bits per heavy atom. The molecule has 4 nitrogen and oxygen atoms in total. The Bertz CT molecular complexity index is 976. The molecule has 0 unspecified atom stereocenters. The number of carbonyl (C=O) groups is 1. The van der Waals surface area contributed by atoms with E-state index in [9.17, 15) is 9.90 Å². The van der Waals surface area contributed by atoms with Crippen molar-refractivity contribution in [2.45, 2.75) is 33.1 Å². The van der Waals surface area contributed by atoms with Gasteiger partial charge in [0, 0.05) is 5.39 Å². The molecule has 28 heavy (non-hydrogen) atoms. The Morgan fingerprint density at radius 1 is 1.04 bits per heavy atom. The molecule has 0 atom stereocenters. The van der Waals surface area contributed by atoms with Crippen LogP contribution in [-0.4, -0.2) is 24.3 Å². The van der Waals surface area contributed by atoms with Crippen molar-refractivity contribution in [1.29, 1.82) is 0 Å². The second kappa shape index (κ2) is 8.79. The van der Waals surface area contributed by atoms with E-state index in [1.165, 1.54) is 5.56 Å². The molecule has 0 saturated heterocycles. The van der Waals surface area contributed by atoms with E-state index in [2.05, 4.69) is 26.0 Å². The molecule has 0 bridgehead atoms. The standard InChI is InChI=1S/C24H26O4/c1-4-27-24(26)15-28-23-12-10-18(19-7-5-6-8-20(19)23)13-17-9-11-22(25)21(14-17)16(2)3/h5-12,14,16,25H,4,13,15H2,1-3H3. The highest BCUT2D eigenvalue weighted by Gasteiger charge is 2.12. The summed E-state index contributed by atoms with van der Waals surface area (Å²) in [5, 5.41) is 12.1. The maximum Gasteiger partial charge on any atom is 0.344 e. The molecule has 0 radical (unpaired) electrons. The monoisotopic (exact) mass is 378 g/mol. The molecule has 0 aliphatic heterocycles. The van der Waals surface area contributed by atoms with E-state index in [0.717, 1.165) is 28.3 Å². The molecule has 0 saturated carbocycles. The highest BCUT2D eigenvalue weighted by atomic mass is 16.6. The molecular formula is C24H26O4. The topological polar surface area (TPSA) is 55.8 Å². The second-order valence-corrected chi connectivity index (χ2v) is 7.09. The van der Waals surface area contributed by atoms with E-state index in [4.69, 9.17) is 9.47 Å². The van der Waals surface area contributed by atoms with Crippen molar-refractivity contribution >= 4 is 16.7 Å². The van der Waals surface area contributed by atoms with Gasteiger partial charge in [0.1, 0.15) is 11.5 Å². The number of rotatable bonds is 7. The molecule has 0 aliphatic rings. The zero-order valence-corrected chi connectivity index (χ0v) is 16.6. The van der Waals surface area contributed by atoms with E-state index in [1.54, 1.807) is 13.0 Å². The lowest BCUT2D eigenvalue weighted by atomic mass is 9.94. The smallest absolute Gasteiger partial charge is 0.344 e. The number of esters is 1. The molecule has 0 fully saturated rings. The minimum atomic E-state index is -0.374. The summed E-state index contributed by atoms with van der Waals surface area (Å²) in [6.07, 6.45) is 0.749. The van der Waals surface area contributed by atoms with Crippen LogP contribution in [0.5, 0.6) is 11.5 Å². The van der Waals surface area contributed by atoms with Crippen LogP contribution in [0.25, 0.3) is 10.8 Å². The van der Waals surface area contributed by atoms with Crippen LogP contribution in [0.4, 0.5) is 0 Å². The van der Waals surface area contributed by atoms with Crippen molar-refractivity contribution in [3.05, 3.63) is 71.3 Å². The molecule has 0 amide bonds. The van der Waals surface area contributed by atoms with Crippen molar-refractivity contribution in [1.82, 2.24) is 0 Å². The SMILES string of the molecule is CCOC(=O)COc1ccc(Cc2ccc(O)c(C(C)C)c2)c2ccccc12. The summed E-state index contributed by atoms with van der Waals surface area (Å²) < 4.78 is 10.6. The summed E-state index contributed by atoms with van der Waals surface area (Å²) in [6.45, 7) is 6.16. The molecule has 3 rings (SSSR count). The van der Waals surface area contributed by atoms with E-state index in [1.807, 2.05) is 36.4 Å². The van der Waals surface area contributed by atoms with Crippen LogP contribution in [-0.2, 0) is 16.0 Å². The second-order valence-electron chi connectivity index (χ2n) is 7.09. The predicted molar refractivity (Wildman–Crippen MR) is 111 cm³/mol. The summed E-state index contributed by atoms with van der Waals surface area (Å²) >= 11 is 0. The van der Waals surface area contributed by atoms with Crippen molar-refractivity contribution in [3.8, 4) is 11.5 Å². The van der Waals surface area contributed by atoms with Gasteiger partial charge in [0.15, 0.2) is 6.61 Å². The van der Waals surface area contributed by atoms with Crippen LogP contribution in [0.3, 0.4) is 0 Å². The first-order chi connectivity index (χ1) is 13.5. The minimum absolute atomic E-state index is 0.104. The molecule has 4 heteroatoms. The molecule has 0 heterocycles. The molecule has 3 aromatic rings. The zero-order chi connectivity index (χ0) is 20.1. The van der Waals surface area contributed by atoms with Crippen molar-refractivity contribution < 1.29 is 19.4 Å². The lowest BCUT2D eigenvalue weighted by molar-refractivity contribution is -0.145. The lowest BCUT2D eigenvalue weighted by Crippen LogP contribution is -2.14. The van der Waals surface area contributed by atoms with Gasteiger partial charge in [-0.25, -0.2) is 4.79 Å². The number of aromatic hydroxyl groups is 1.